The highest BCUT2D eigenvalue weighted by molar-refractivity contribution is 14.0. The number of nitrogens with one attached hydrogen (secondary N) is 2. The maximum Gasteiger partial charge on any atom is 0.191 e. The van der Waals surface area contributed by atoms with Crippen LogP contribution in [0.15, 0.2) is 29.3 Å². The molecule has 30 heavy (non-hydrogen) atoms. The van der Waals surface area contributed by atoms with Gasteiger partial charge in [0, 0.05) is 38.3 Å². The van der Waals surface area contributed by atoms with Gasteiger partial charge in [0.1, 0.15) is 5.82 Å². The highest BCUT2D eigenvalue weighted by Gasteiger charge is 2.28. The van der Waals surface area contributed by atoms with Crippen LogP contribution in [-0.2, 0) is 11.3 Å². The van der Waals surface area contributed by atoms with Crippen molar-refractivity contribution in [2.24, 2.45) is 4.99 Å². The number of morpholine rings is 1. The molecule has 1 aromatic heterocycles. The lowest BCUT2D eigenvalue weighted by molar-refractivity contribution is -0.00683. The summed E-state index contributed by atoms with van der Waals surface area (Å²) < 4.78 is 7.78. The fourth-order valence-corrected chi connectivity index (χ4v) is 3.81. The van der Waals surface area contributed by atoms with Crippen LogP contribution in [0.2, 0.25) is 0 Å². The number of guanidine groups is 1. The molecule has 0 radical (unpaired) electrons. The van der Waals surface area contributed by atoms with Crippen LogP contribution in [0.5, 0.6) is 0 Å². The van der Waals surface area contributed by atoms with Crippen molar-refractivity contribution < 1.29 is 4.74 Å². The van der Waals surface area contributed by atoms with E-state index in [0.29, 0.717) is 0 Å². The predicted molar refractivity (Wildman–Crippen MR) is 135 cm³/mol. The average molecular weight is 528 g/mol. The number of aliphatic imine (C=N–C) groups is 1. The van der Waals surface area contributed by atoms with Crippen molar-refractivity contribution in [2.45, 2.75) is 46.2 Å². The molecular weight excluding hydrogens is 491 g/mol. The number of imidazole rings is 1. The summed E-state index contributed by atoms with van der Waals surface area (Å²) in [5, 5.41) is 6.86. The van der Waals surface area contributed by atoms with Crippen LogP contribution >= 0.6 is 24.0 Å². The molecule has 7 nitrogen and oxygen atoms in total. The first kappa shape index (κ1) is 24.9. The third kappa shape index (κ3) is 6.55. The maximum absolute atomic E-state index is 5.48. The summed E-state index contributed by atoms with van der Waals surface area (Å²) in [6.07, 6.45) is 1.01. The van der Waals surface area contributed by atoms with E-state index in [1.165, 1.54) is 5.52 Å². The molecule has 3 rings (SSSR count). The number of para-hydroxylation sites is 2. The van der Waals surface area contributed by atoms with Gasteiger partial charge in [-0.25, -0.2) is 4.98 Å². The van der Waals surface area contributed by atoms with Gasteiger partial charge in [-0.3, -0.25) is 9.89 Å². The summed E-state index contributed by atoms with van der Waals surface area (Å²) in [6.45, 7) is 15.7. The molecule has 0 bridgehead atoms. The number of nitrogens with zero attached hydrogens (tertiary/aromatic N) is 4. The molecule has 0 saturated carbocycles. The standard InChI is InChI=1S/C22H36N6O.HI/c1-5-23-21(25-17-22(3,4)27-13-15-29-16-14-27)24-11-8-12-28-18(2)26-19-9-6-7-10-20(19)28;/h6-7,9-10H,5,8,11-17H2,1-4H3,(H2,23,24,25);1H. The largest absolute Gasteiger partial charge is 0.379 e. The second kappa shape index (κ2) is 11.9. The monoisotopic (exact) mass is 528 g/mol. The van der Waals surface area contributed by atoms with E-state index in [1.54, 1.807) is 0 Å². The number of ether oxygens (including phenoxy) is 1. The SMILES string of the molecule is CCNC(=NCC(C)(C)N1CCOCC1)NCCCn1c(C)nc2ccccc21.I. The number of halogens is 1. The Hall–Kier alpha value is -1.39. The minimum atomic E-state index is 0. The van der Waals surface area contributed by atoms with Gasteiger partial charge in [-0.1, -0.05) is 12.1 Å². The average Bonchev–Trinajstić information content (AvgIpc) is 3.05. The Bertz CT molecular complexity index is 813. The van der Waals surface area contributed by atoms with Crippen LogP contribution in [0, 0.1) is 6.92 Å². The third-order valence-electron chi connectivity index (χ3n) is 5.53. The van der Waals surface area contributed by atoms with E-state index in [-0.39, 0.29) is 29.5 Å². The molecule has 0 unspecified atom stereocenters. The van der Waals surface area contributed by atoms with Crippen LogP contribution in [0.1, 0.15) is 33.0 Å². The number of hydrogen-bond acceptors (Lipinski definition) is 4. The Morgan fingerprint density at radius 3 is 2.67 bits per heavy atom. The highest BCUT2D eigenvalue weighted by Crippen LogP contribution is 2.17. The molecule has 0 amide bonds. The molecule has 0 atom stereocenters. The Balaban J connectivity index is 0.00000320. The lowest BCUT2D eigenvalue weighted by Gasteiger charge is -2.39. The Morgan fingerprint density at radius 2 is 1.93 bits per heavy atom. The second-order valence-corrected chi connectivity index (χ2v) is 8.19. The number of fused-ring (bicyclic) bond motifs is 1. The van der Waals surface area contributed by atoms with Gasteiger partial charge in [-0.05, 0) is 46.2 Å². The molecule has 1 aliphatic heterocycles. The fourth-order valence-electron chi connectivity index (χ4n) is 3.81. The maximum atomic E-state index is 5.48. The molecule has 1 aromatic carbocycles. The van der Waals surface area contributed by atoms with E-state index in [2.05, 4.69) is 71.0 Å². The Morgan fingerprint density at radius 1 is 1.20 bits per heavy atom. The lowest BCUT2D eigenvalue weighted by atomic mass is 10.0. The van der Waals surface area contributed by atoms with Crippen molar-refractivity contribution >= 4 is 41.0 Å². The van der Waals surface area contributed by atoms with E-state index in [9.17, 15) is 0 Å². The summed E-state index contributed by atoms with van der Waals surface area (Å²) in [4.78, 5) is 12.0. The Labute approximate surface area is 197 Å². The molecule has 2 aromatic rings. The van der Waals surface area contributed by atoms with Crippen LogP contribution in [0.3, 0.4) is 0 Å². The zero-order valence-electron chi connectivity index (χ0n) is 18.8. The third-order valence-corrected chi connectivity index (χ3v) is 5.53. The molecule has 168 valence electrons. The first-order valence-electron chi connectivity index (χ1n) is 10.8. The van der Waals surface area contributed by atoms with E-state index in [4.69, 9.17) is 9.73 Å². The molecule has 2 heterocycles. The van der Waals surface area contributed by atoms with Crippen molar-refractivity contribution in [1.82, 2.24) is 25.1 Å². The van der Waals surface area contributed by atoms with Gasteiger partial charge >= 0.3 is 0 Å². The zero-order chi connectivity index (χ0) is 20.7. The summed E-state index contributed by atoms with van der Waals surface area (Å²) in [7, 11) is 0. The fraction of sp³-hybridized carbons (Fsp3) is 0.636. The molecule has 0 spiro atoms. The van der Waals surface area contributed by atoms with E-state index in [0.717, 1.165) is 76.2 Å². The molecule has 1 fully saturated rings. The number of rotatable bonds is 8. The first-order chi connectivity index (χ1) is 14.0. The van der Waals surface area contributed by atoms with Crippen molar-refractivity contribution in [3.8, 4) is 0 Å². The summed E-state index contributed by atoms with van der Waals surface area (Å²) >= 11 is 0. The summed E-state index contributed by atoms with van der Waals surface area (Å²) in [6, 6.07) is 8.33. The van der Waals surface area contributed by atoms with Crippen LogP contribution in [0.25, 0.3) is 11.0 Å². The van der Waals surface area contributed by atoms with Crippen molar-refractivity contribution in [2.75, 3.05) is 45.9 Å². The predicted octanol–water partition coefficient (Wildman–Crippen LogP) is 3.02. The van der Waals surface area contributed by atoms with E-state index >= 15 is 0 Å². The van der Waals surface area contributed by atoms with Crippen LogP contribution < -0.4 is 10.6 Å². The van der Waals surface area contributed by atoms with Gasteiger partial charge in [-0.15, -0.1) is 24.0 Å². The molecular formula is C22H37IN6O. The minimum Gasteiger partial charge on any atom is -0.379 e. The number of aryl methyl sites for hydroxylation is 2. The van der Waals surface area contributed by atoms with Gasteiger partial charge in [0.15, 0.2) is 5.96 Å². The molecule has 8 heteroatoms. The van der Waals surface area contributed by atoms with E-state index in [1.807, 2.05) is 6.07 Å². The van der Waals surface area contributed by atoms with Crippen molar-refractivity contribution in [3.63, 3.8) is 0 Å². The topological polar surface area (TPSA) is 66.7 Å². The minimum absolute atomic E-state index is 0. The highest BCUT2D eigenvalue weighted by atomic mass is 127. The van der Waals surface area contributed by atoms with Gasteiger partial charge in [0.05, 0.1) is 30.8 Å². The smallest absolute Gasteiger partial charge is 0.191 e. The summed E-state index contributed by atoms with van der Waals surface area (Å²) in [5.74, 6) is 1.96. The molecule has 2 N–H and O–H groups in total. The van der Waals surface area contributed by atoms with Gasteiger partial charge in [-0.2, -0.15) is 0 Å². The first-order valence-corrected chi connectivity index (χ1v) is 10.8. The van der Waals surface area contributed by atoms with Crippen LogP contribution in [-0.4, -0.2) is 71.9 Å². The summed E-state index contributed by atoms with van der Waals surface area (Å²) in [5.41, 5.74) is 2.30. The lowest BCUT2D eigenvalue weighted by Crippen LogP contribution is -2.52. The molecule has 0 aliphatic carbocycles. The van der Waals surface area contributed by atoms with Crippen LogP contribution in [0.4, 0.5) is 0 Å². The zero-order valence-corrected chi connectivity index (χ0v) is 21.1. The number of aromatic nitrogens is 2. The number of benzene rings is 1. The van der Waals surface area contributed by atoms with Crippen molar-refractivity contribution in [3.05, 3.63) is 30.1 Å². The second-order valence-electron chi connectivity index (χ2n) is 8.19. The molecule has 1 saturated heterocycles. The normalized spacial score (nSPS) is 15.8. The quantitative estimate of drug-likeness (QED) is 0.239. The molecule has 1 aliphatic rings. The van der Waals surface area contributed by atoms with Gasteiger partial charge < -0.3 is 19.9 Å². The number of hydrogen-bond donors (Lipinski definition) is 2. The van der Waals surface area contributed by atoms with Gasteiger partial charge in [0.2, 0.25) is 0 Å². The van der Waals surface area contributed by atoms with Gasteiger partial charge in [0.25, 0.3) is 0 Å². The van der Waals surface area contributed by atoms with E-state index < -0.39 is 0 Å². The Kier molecular flexibility index (Phi) is 9.83. The van der Waals surface area contributed by atoms with Crippen molar-refractivity contribution in [1.29, 1.82) is 0 Å².